The molecule has 224 valence electrons. The molecule has 0 saturated carbocycles. The monoisotopic (exact) mass is 540 g/mol. The van der Waals surface area contributed by atoms with Crippen molar-refractivity contribution >= 4 is 0 Å². The van der Waals surface area contributed by atoms with E-state index in [1.165, 1.54) is 0 Å². The number of ether oxygens (including phenoxy) is 10. The largest absolute Gasteiger partial charge is 0.379 e. The SMILES string of the molecule is CCOCC(OCC)C(OCC)C(COCOCC(OCC)C(OCC)C(COCC)OCC)OCC. The first kappa shape index (κ1) is 36.6. The lowest BCUT2D eigenvalue weighted by Crippen LogP contribution is -2.48. The predicted octanol–water partition coefficient (Wildman–Crippen LogP) is 3.48. The maximum absolute atomic E-state index is 6.02. The lowest BCUT2D eigenvalue weighted by molar-refractivity contribution is -0.190. The van der Waals surface area contributed by atoms with Gasteiger partial charge in [-0.2, -0.15) is 0 Å². The molecule has 0 rings (SSSR count). The second-order valence-corrected chi connectivity index (χ2v) is 7.99. The second kappa shape index (κ2) is 25.9. The van der Waals surface area contributed by atoms with E-state index < -0.39 is 0 Å². The molecule has 0 aliphatic rings. The molecule has 10 heteroatoms. The van der Waals surface area contributed by atoms with Crippen LogP contribution >= 0.6 is 0 Å². The average molecular weight is 541 g/mol. The number of rotatable bonds is 28. The second-order valence-electron chi connectivity index (χ2n) is 7.99. The van der Waals surface area contributed by atoms with Crippen molar-refractivity contribution in [3.8, 4) is 0 Å². The zero-order chi connectivity index (χ0) is 27.7. The van der Waals surface area contributed by atoms with Crippen LogP contribution in [-0.2, 0) is 47.4 Å². The van der Waals surface area contributed by atoms with Crippen LogP contribution in [0, 0.1) is 0 Å². The van der Waals surface area contributed by atoms with Gasteiger partial charge in [-0.3, -0.25) is 0 Å². The van der Waals surface area contributed by atoms with Crippen LogP contribution < -0.4 is 0 Å². The third-order valence-electron chi connectivity index (χ3n) is 5.41. The van der Waals surface area contributed by atoms with Gasteiger partial charge in [0.05, 0.1) is 26.4 Å². The molecule has 0 fully saturated rings. The van der Waals surface area contributed by atoms with Gasteiger partial charge in [0.15, 0.2) is 0 Å². The van der Waals surface area contributed by atoms with Gasteiger partial charge in [-0.1, -0.05) is 0 Å². The molecule has 10 nitrogen and oxygen atoms in total. The van der Waals surface area contributed by atoms with E-state index in [0.717, 1.165) is 0 Å². The Bertz CT molecular complexity index is 430. The van der Waals surface area contributed by atoms with Crippen LogP contribution in [0.3, 0.4) is 0 Å². The first-order valence-corrected chi connectivity index (χ1v) is 14.1. The summed E-state index contributed by atoms with van der Waals surface area (Å²) >= 11 is 0. The Balaban J connectivity index is 5.12. The maximum Gasteiger partial charge on any atom is 0.146 e. The number of hydrogen-bond donors (Lipinski definition) is 0. The molecular formula is C27H56O10. The van der Waals surface area contributed by atoms with Crippen molar-refractivity contribution in [3.63, 3.8) is 0 Å². The van der Waals surface area contributed by atoms with Crippen LogP contribution in [0.2, 0.25) is 0 Å². The van der Waals surface area contributed by atoms with Crippen molar-refractivity contribution in [1.82, 2.24) is 0 Å². The molecule has 0 aromatic rings. The van der Waals surface area contributed by atoms with Gasteiger partial charge in [0, 0.05) is 52.9 Å². The normalized spacial score (nSPS) is 16.9. The van der Waals surface area contributed by atoms with Gasteiger partial charge < -0.3 is 47.4 Å². The quantitative estimate of drug-likeness (QED) is 0.108. The first-order chi connectivity index (χ1) is 18.1. The summed E-state index contributed by atoms with van der Waals surface area (Å²) in [6.45, 7) is 21.5. The molecule has 0 aliphatic heterocycles. The third kappa shape index (κ3) is 16.3. The van der Waals surface area contributed by atoms with Gasteiger partial charge in [-0.25, -0.2) is 0 Å². The summed E-state index contributed by atoms with van der Waals surface area (Å²) in [6.07, 6.45) is -1.86. The molecule has 0 aromatic heterocycles. The third-order valence-corrected chi connectivity index (χ3v) is 5.41. The molecule has 6 unspecified atom stereocenters. The molecule has 0 saturated heterocycles. The van der Waals surface area contributed by atoms with Crippen molar-refractivity contribution in [2.45, 2.75) is 92.0 Å². The molecule has 0 radical (unpaired) electrons. The lowest BCUT2D eigenvalue weighted by atomic mass is 10.1. The minimum absolute atomic E-state index is 0.0698. The smallest absolute Gasteiger partial charge is 0.146 e. The summed E-state index contributed by atoms with van der Waals surface area (Å²) < 4.78 is 58.9. The molecule has 0 aliphatic carbocycles. The van der Waals surface area contributed by atoms with Crippen LogP contribution in [0.25, 0.3) is 0 Å². The van der Waals surface area contributed by atoms with E-state index in [1.54, 1.807) is 0 Å². The van der Waals surface area contributed by atoms with E-state index in [2.05, 4.69) is 0 Å². The fourth-order valence-electron chi connectivity index (χ4n) is 3.96. The topological polar surface area (TPSA) is 92.3 Å². The molecule has 0 aromatic carbocycles. The Kier molecular flexibility index (Phi) is 25.6. The van der Waals surface area contributed by atoms with Gasteiger partial charge in [0.1, 0.15) is 43.4 Å². The van der Waals surface area contributed by atoms with Gasteiger partial charge >= 0.3 is 0 Å². The van der Waals surface area contributed by atoms with E-state index in [4.69, 9.17) is 47.4 Å². The fraction of sp³-hybridized carbons (Fsp3) is 1.00. The molecule has 0 amide bonds. The molecule has 0 bridgehead atoms. The highest BCUT2D eigenvalue weighted by molar-refractivity contribution is 4.81. The standard InChI is InChI=1S/C27H56O10/c1-9-28-17-22(32-11-3)26(36-15-7)24(34-13-5)19-30-21-31-20-25(35-14-6)27(37-16-8)23(33-12-4)18-29-10-2/h22-27H,9-21H2,1-8H3. The summed E-state index contributed by atoms with van der Waals surface area (Å²) in [4.78, 5) is 0. The summed E-state index contributed by atoms with van der Waals surface area (Å²) in [6, 6.07) is 0. The highest BCUT2D eigenvalue weighted by Crippen LogP contribution is 2.16. The Morgan fingerprint density at radius 3 is 0.838 bits per heavy atom. The van der Waals surface area contributed by atoms with E-state index in [1.807, 2.05) is 55.4 Å². The van der Waals surface area contributed by atoms with Crippen LogP contribution in [0.4, 0.5) is 0 Å². The highest BCUT2D eigenvalue weighted by Gasteiger charge is 2.33. The molecule has 0 spiro atoms. The van der Waals surface area contributed by atoms with Crippen LogP contribution in [-0.4, -0.2) is 123 Å². The van der Waals surface area contributed by atoms with Gasteiger partial charge in [-0.15, -0.1) is 0 Å². The Morgan fingerprint density at radius 1 is 0.324 bits per heavy atom. The summed E-state index contributed by atoms with van der Waals surface area (Å²) in [5.41, 5.74) is 0. The minimum atomic E-state index is -0.335. The molecule has 6 atom stereocenters. The molecule has 0 N–H and O–H groups in total. The molecular weight excluding hydrogens is 484 g/mol. The Labute approximate surface area is 225 Å². The lowest BCUT2D eigenvalue weighted by Gasteiger charge is -2.33. The summed E-state index contributed by atoms with van der Waals surface area (Å²) in [5, 5.41) is 0. The van der Waals surface area contributed by atoms with E-state index in [9.17, 15) is 0 Å². The Hall–Kier alpha value is -0.400. The van der Waals surface area contributed by atoms with E-state index in [-0.39, 0.29) is 56.6 Å². The minimum Gasteiger partial charge on any atom is -0.379 e. The molecule has 0 heterocycles. The van der Waals surface area contributed by atoms with Crippen molar-refractivity contribution in [1.29, 1.82) is 0 Å². The highest BCUT2D eigenvalue weighted by atomic mass is 16.7. The van der Waals surface area contributed by atoms with Crippen LogP contribution in [0.15, 0.2) is 0 Å². The Morgan fingerprint density at radius 2 is 0.595 bits per heavy atom. The van der Waals surface area contributed by atoms with Crippen molar-refractivity contribution < 1.29 is 47.4 Å². The zero-order valence-electron chi connectivity index (χ0n) is 24.7. The number of hydrogen-bond acceptors (Lipinski definition) is 10. The van der Waals surface area contributed by atoms with Gasteiger partial charge in [0.2, 0.25) is 0 Å². The van der Waals surface area contributed by atoms with Crippen molar-refractivity contribution in [3.05, 3.63) is 0 Å². The van der Waals surface area contributed by atoms with E-state index in [0.29, 0.717) is 66.1 Å². The fourth-order valence-corrected chi connectivity index (χ4v) is 3.96. The van der Waals surface area contributed by atoms with E-state index >= 15 is 0 Å². The zero-order valence-corrected chi connectivity index (χ0v) is 24.7. The van der Waals surface area contributed by atoms with Crippen molar-refractivity contribution in [2.75, 3.05) is 86.1 Å². The average Bonchev–Trinajstić information content (AvgIpc) is 2.90. The summed E-state index contributed by atoms with van der Waals surface area (Å²) in [7, 11) is 0. The first-order valence-electron chi connectivity index (χ1n) is 14.1. The summed E-state index contributed by atoms with van der Waals surface area (Å²) in [5.74, 6) is 0. The molecule has 37 heavy (non-hydrogen) atoms. The van der Waals surface area contributed by atoms with Crippen molar-refractivity contribution in [2.24, 2.45) is 0 Å². The van der Waals surface area contributed by atoms with Crippen LogP contribution in [0.1, 0.15) is 55.4 Å². The van der Waals surface area contributed by atoms with Gasteiger partial charge in [-0.05, 0) is 55.4 Å². The van der Waals surface area contributed by atoms with Crippen LogP contribution in [0.5, 0.6) is 0 Å². The maximum atomic E-state index is 6.02. The van der Waals surface area contributed by atoms with Gasteiger partial charge in [0.25, 0.3) is 0 Å². The predicted molar refractivity (Wildman–Crippen MR) is 142 cm³/mol.